The number of nitrogens with two attached hydrogens (primary N) is 1. The quantitative estimate of drug-likeness (QED) is 0.393. The molecule has 3 N–H and O–H groups in total. The molecule has 2 rings (SSSR count). The van der Waals surface area contributed by atoms with Crippen molar-refractivity contribution in [3.8, 4) is 0 Å². The molecular formula is C9H13N3O2. The first-order valence-electron chi connectivity index (χ1n) is 4.73. The molecular weight excluding hydrogens is 182 g/mol. The molecule has 0 saturated heterocycles. The summed E-state index contributed by atoms with van der Waals surface area (Å²) in [4.78, 5) is 11.3. The van der Waals surface area contributed by atoms with Crippen LogP contribution in [0.15, 0.2) is 4.52 Å². The molecule has 0 bridgehead atoms. The number of aromatic nitrogens is 1. The molecule has 0 aliphatic heterocycles. The highest BCUT2D eigenvalue weighted by Crippen LogP contribution is 2.32. The molecule has 0 spiro atoms. The van der Waals surface area contributed by atoms with Crippen LogP contribution in [-0.4, -0.2) is 11.1 Å². The first kappa shape index (κ1) is 9.21. The van der Waals surface area contributed by atoms with Gasteiger partial charge in [0.1, 0.15) is 5.76 Å². The zero-order valence-electron chi connectivity index (χ0n) is 8.04. The van der Waals surface area contributed by atoms with Crippen LogP contribution in [0.1, 0.15) is 47.5 Å². The number of hydrazine groups is 1. The molecule has 1 aliphatic carbocycles. The zero-order valence-corrected chi connectivity index (χ0v) is 8.04. The number of carbonyl (C=O) groups excluding carboxylic acids is 1. The van der Waals surface area contributed by atoms with E-state index in [2.05, 4.69) is 17.5 Å². The third-order valence-electron chi connectivity index (χ3n) is 2.68. The summed E-state index contributed by atoms with van der Waals surface area (Å²) in [5, 5.41) is 3.75. The highest BCUT2D eigenvalue weighted by atomic mass is 16.5. The van der Waals surface area contributed by atoms with Gasteiger partial charge in [0.25, 0.3) is 5.91 Å². The topological polar surface area (TPSA) is 81.2 Å². The van der Waals surface area contributed by atoms with Gasteiger partial charge in [-0.3, -0.25) is 10.2 Å². The van der Waals surface area contributed by atoms with Gasteiger partial charge in [0.05, 0.1) is 0 Å². The van der Waals surface area contributed by atoms with E-state index in [0.717, 1.165) is 30.6 Å². The zero-order chi connectivity index (χ0) is 10.1. The van der Waals surface area contributed by atoms with Crippen molar-refractivity contribution in [2.45, 2.75) is 32.1 Å². The Hall–Kier alpha value is -1.36. The molecule has 1 aliphatic rings. The molecule has 0 radical (unpaired) electrons. The Kier molecular flexibility index (Phi) is 2.25. The molecule has 1 amide bonds. The van der Waals surface area contributed by atoms with Crippen molar-refractivity contribution in [2.75, 3.05) is 0 Å². The van der Waals surface area contributed by atoms with Crippen molar-refractivity contribution >= 4 is 5.91 Å². The van der Waals surface area contributed by atoms with E-state index in [1.807, 2.05) is 0 Å². The van der Waals surface area contributed by atoms with Gasteiger partial charge in [-0.25, -0.2) is 5.84 Å². The Bertz CT molecular complexity index is 359. The summed E-state index contributed by atoms with van der Waals surface area (Å²) in [7, 11) is 0. The lowest BCUT2D eigenvalue weighted by Crippen LogP contribution is -2.31. The average Bonchev–Trinajstić information content (AvgIpc) is 2.62. The standard InChI is InChI=1S/C9H13N3O2/c1-5-3-2-4-6-7(9(13)11-10)12-14-8(5)6/h5H,2-4,10H2,1H3,(H,11,13). The van der Waals surface area contributed by atoms with E-state index < -0.39 is 0 Å². The van der Waals surface area contributed by atoms with E-state index in [-0.39, 0.29) is 5.91 Å². The largest absolute Gasteiger partial charge is 0.360 e. The maximum absolute atomic E-state index is 11.3. The summed E-state index contributed by atoms with van der Waals surface area (Å²) >= 11 is 0. The Morgan fingerprint density at radius 1 is 1.71 bits per heavy atom. The molecule has 0 aromatic carbocycles. The third-order valence-corrected chi connectivity index (χ3v) is 2.68. The van der Waals surface area contributed by atoms with Gasteiger partial charge in [-0.2, -0.15) is 0 Å². The Morgan fingerprint density at radius 3 is 3.21 bits per heavy atom. The average molecular weight is 195 g/mol. The third kappa shape index (κ3) is 1.29. The molecule has 1 heterocycles. The number of amides is 1. The minimum Gasteiger partial charge on any atom is -0.360 e. The Labute approximate surface area is 81.6 Å². The van der Waals surface area contributed by atoms with E-state index in [9.17, 15) is 4.79 Å². The van der Waals surface area contributed by atoms with Crippen molar-refractivity contribution in [3.63, 3.8) is 0 Å². The predicted molar refractivity (Wildman–Crippen MR) is 49.5 cm³/mol. The van der Waals surface area contributed by atoms with Gasteiger partial charge in [-0.1, -0.05) is 12.1 Å². The second-order valence-electron chi connectivity index (χ2n) is 3.64. The van der Waals surface area contributed by atoms with Gasteiger partial charge in [0.2, 0.25) is 0 Å². The monoisotopic (exact) mass is 195 g/mol. The number of nitrogens with zero attached hydrogens (tertiary/aromatic N) is 1. The number of fused-ring (bicyclic) bond motifs is 1. The first-order valence-corrected chi connectivity index (χ1v) is 4.73. The number of nitrogen functional groups attached to an aromatic ring is 1. The minimum atomic E-state index is -0.371. The van der Waals surface area contributed by atoms with Gasteiger partial charge in [-0.15, -0.1) is 0 Å². The maximum Gasteiger partial charge on any atom is 0.287 e. The summed E-state index contributed by atoms with van der Waals surface area (Å²) in [6, 6.07) is 0. The highest BCUT2D eigenvalue weighted by molar-refractivity contribution is 5.93. The molecule has 1 aromatic heterocycles. The summed E-state index contributed by atoms with van der Waals surface area (Å²) in [5.41, 5.74) is 3.34. The van der Waals surface area contributed by atoms with Gasteiger partial charge < -0.3 is 4.52 Å². The van der Waals surface area contributed by atoms with Crippen LogP contribution in [-0.2, 0) is 6.42 Å². The molecule has 0 saturated carbocycles. The van der Waals surface area contributed by atoms with Gasteiger partial charge in [0, 0.05) is 11.5 Å². The maximum atomic E-state index is 11.3. The molecule has 5 nitrogen and oxygen atoms in total. The molecule has 1 aromatic rings. The highest BCUT2D eigenvalue weighted by Gasteiger charge is 2.27. The predicted octanol–water partition coefficient (Wildman–Crippen LogP) is 0.718. The van der Waals surface area contributed by atoms with E-state index in [0.29, 0.717) is 11.6 Å². The fourth-order valence-electron chi connectivity index (χ4n) is 1.91. The van der Waals surface area contributed by atoms with E-state index >= 15 is 0 Å². The van der Waals surface area contributed by atoms with Gasteiger partial charge in [0.15, 0.2) is 5.69 Å². The lowest BCUT2D eigenvalue weighted by Gasteiger charge is -2.15. The summed E-state index contributed by atoms with van der Waals surface area (Å²) < 4.78 is 5.16. The van der Waals surface area contributed by atoms with Crippen LogP contribution >= 0.6 is 0 Å². The van der Waals surface area contributed by atoms with Crippen LogP contribution in [0.2, 0.25) is 0 Å². The van der Waals surface area contributed by atoms with Crippen molar-refractivity contribution < 1.29 is 9.32 Å². The molecule has 5 heteroatoms. The second kappa shape index (κ2) is 3.42. The summed E-state index contributed by atoms with van der Waals surface area (Å²) in [6.07, 6.45) is 3.01. The van der Waals surface area contributed by atoms with Gasteiger partial charge in [-0.05, 0) is 19.3 Å². The fourth-order valence-corrected chi connectivity index (χ4v) is 1.91. The normalized spacial score (nSPS) is 20.3. The molecule has 0 fully saturated rings. The van der Waals surface area contributed by atoms with Crippen LogP contribution in [0, 0.1) is 0 Å². The lowest BCUT2D eigenvalue weighted by atomic mass is 9.88. The number of nitrogens with one attached hydrogen (secondary N) is 1. The van der Waals surface area contributed by atoms with Crippen LogP contribution in [0.25, 0.3) is 0 Å². The SMILES string of the molecule is CC1CCCc2c(C(=O)NN)noc21. The number of carbonyl (C=O) groups is 1. The molecule has 1 atom stereocenters. The summed E-state index contributed by atoms with van der Waals surface area (Å²) in [5.74, 6) is 5.87. The molecule has 1 unspecified atom stereocenters. The van der Waals surface area contributed by atoms with Crippen LogP contribution in [0.3, 0.4) is 0 Å². The van der Waals surface area contributed by atoms with Crippen LogP contribution in [0.5, 0.6) is 0 Å². The van der Waals surface area contributed by atoms with Gasteiger partial charge >= 0.3 is 0 Å². The lowest BCUT2D eigenvalue weighted by molar-refractivity contribution is 0.0944. The minimum absolute atomic E-state index is 0.342. The van der Waals surface area contributed by atoms with Crippen LogP contribution < -0.4 is 11.3 Å². The van der Waals surface area contributed by atoms with Crippen molar-refractivity contribution in [1.29, 1.82) is 0 Å². The van der Waals surface area contributed by atoms with Crippen molar-refractivity contribution in [3.05, 3.63) is 17.0 Å². The second-order valence-corrected chi connectivity index (χ2v) is 3.64. The van der Waals surface area contributed by atoms with Crippen molar-refractivity contribution in [1.82, 2.24) is 10.6 Å². The van der Waals surface area contributed by atoms with Crippen molar-refractivity contribution in [2.24, 2.45) is 5.84 Å². The number of hydrogen-bond acceptors (Lipinski definition) is 4. The fraction of sp³-hybridized carbons (Fsp3) is 0.556. The van der Waals surface area contributed by atoms with Crippen LogP contribution in [0.4, 0.5) is 0 Å². The number of hydrogen-bond donors (Lipinski definition) is 2. The first-order chi connectivity index (χ1) is 6.74. The Balaban J connectivity index is 2.40. The van der Waals surface area contributed by atoms with E-state index in [1.54, 1.807) is 0 Å². The summed E-state index contributed by atoms with van der Waals surface area (Å²) in [6.45, 7) is 2.08. The molecule has 14 heavy (non-hydrogen) atoms. The van der Waals surface area contributed by atoms with E-state index in [4.69, 9.17) is 10.4 Å². The smallest absolute Gasteiger partial charge is 0.287 e. The van der Waals surface area contributed by atoms with E-state index in [1.165, 1.54) is 0 Å². The molecule has 76 valence electrons. The number of rotatable bonds is 1. The Morgan fingerprint density at radius 2 is 2.50 bits per heavy atom.